The Labute approximate surface area is 215 Å². The van der Waals surface area contributed by atoms with Crippen molar-refractivity contribution in [2.45, 2.75) is 13.2 Å². The Kier molecular flexibility index (Phi) is 7.77. The fourth-order valence-corrected chi connectivity index (χ4v) is 4.15. The summed E-state index contributed by atoms with van der Waals surface area (Å²) in [6.45, 7) is 0.724. The van der Waals surface area contributed by atoms with Gasteiger partial charge in [0.25, 0.3) is 5.91 Å². The number of para-hydroxylation sites is 2. The zero-order chi connectivity index (χ0) is 24.1. The minimum atomic E-state index is -0.283. The van der Waals surface area contributed by atoms with Crippen LogP contribution < -0.4 is 14.8 Å². The third-order valence-electron chi connectivity index (χ3n) is 4.95. The summed E-state index contributed by atoms with van der Waals surface area (Å²) in [4.78, 5) is 12.9. The largest absolute Gasteiger partial charge is 0.493 e. The van der Waals surface area contributed by atoms with Gasteiger partial charge < -0.3 is 14.8 Å². The number of halogens is 3. The van der Waals surface area contributed by atoms with E-state index in [2.05, 4.69) is 26.3 Å². The minimum Gasteiger partial charge on any atom is -0.493 e. The van der Waals surface area contributed by atoms with Crippen LogP contribution in [0.3, 0.4) is 0 Å². The molecular weight excluding hydrogens is 541 g/mol. The van der Waals surface area contributed by atoms with Crippen molar-refractivity contribution < 1.29 is 14.3 Å². The van der Waals surface area contributed by atoms with E-state index < -0.39 is 0 Å². The quantitative estimate of drug-likeness (QED) is 0.256. The van der Waals surface area contributed by atoms with Gasteiger partial charge in [-0.3, -0.25) is 9.48 Å². The highest BCUT2D eigenvalue weighted by atomic mass is 79.9. The van der Waals surface area contributed by atoms with Crippen molar-refractivity contribution in [3.63, 3.8) is 0 Å². The summed E-state index contributed by atoms with van der Waals surface area (Å²) in [7, 11) is 1.59. The highest BCUT2D eigenvalue weighted by molar-refractivity contribution is 9.10. The summed E-state index contributed by atoms with van der Waals surface area (Å²) in [5.74, 6) is 1.41. The second kappa shape index (κ2) is 11.0. The molecule has 0 fully saturated rings. The molecule has 0 saturated carbocycles. The Hall–Kier alpha value is -3.00. The second-order valence-corrected chi connectivity index (χ2v) is 9.05. The zero-order valence-electron chi connectivity index (χ0n) is 18.1. The van der Waals surface area contributed by atoms with Gasteiger partial charge in [0.2, 0.25) is 0 Å². The molecule has 9 heteroatoms. The van der Waals surface area contributed by atoms with Crippen molar-refractivity contribution in [3.8, 4) is 11.5 Å². The lowest BCUT2D eigenvalue weighted by Crippen LogP contribution is -2.13. The molecule has 0 atom stereocenters. The zero-order valence-corrected chi connectivity index (χ0v) is 21.2. The van der Waals surface area contributed by atoms with Gasteiger partial charge in [0.15, 0.2) is 17.3 Å². The van der Waals surface area contributed by atoms with E-state index in [1.165, 1.54) is 0 Å². The van der Waals surface area contributed by atoms with Crippen LogP contribution >= 0.6 is 39.1 Å². The number of rotatable bonds is 8. The van der Waals surface area contributed by atoms with Gasteiger partial charge in [-0.2, -0.15) is 5.10 Å². The number of hydrogen-bond acceptors (Lipinski definition) is 4. The molecule has 1 N–H and O–H groups in total. The fraction of sp³-hybridized carbons (Fsp3) is 0.120. The molecule has 1 aromatic heterocycles. The average Bonchev–Trinajstić information content (AvgIpc) is 3.18. The average molecular weight is 561 g/mol. The Morgan fingerprint density at radius 2 is 1.85 bits per heavy atom. The van der Waals surface area contributed by atoms with Crippen LogP contribution in [0.5, 0.6) is 11.5 Å². The molecule has 3 aromatic carbocycles. The van der Waals surface area contributed by atoms with Gasteiger partial charge in [-0.15, -0.1) is 0 Å². The third-order valence-corrected chi connectivity index (χ3v) is 6.12. The van der Waals surface area contributed by atoms with Crippen LogP contribution in [0.25, 0.3) is 0 Å². The highest BCUT2D eigenvalue weighted by Gasteiger charge is 2.14. The summed E-state index contributed by atoms with van der Waals surface area (Å²) in [6, 6.07) is 19.9. The molecular formula is C25H20BrCl2N3O3. The molecule has 4 aromatic rings. The molecule has 174 valence electrons. The molecule has 4 rings (SSSR count). The number of benzene rings is 3. The Morgan fingerprint density at radius 1 is 1.06 bits per heavy atom. The molecule has 0 aliphatic heterocycles. The number of methoxy groups -OCH3 is 1. The maximum Gasteiger partial charge on any atom is 0.256 e. The van der Waals surface area contributed by atoms with Gasteiger partial charge in [0, 0.05) is 21.8 Å². The first-order valence-corrected chi connectivity index (χ1v) is 11.8. The number of ether oxygens (including phenoxy) is 2. The summed E-state index contributed by atoms with van der Waals surface area (Å²) in [6.07, 6.45) is 1.78. The number of aromatic nitrogens is 2. The summed E-state index contributed by atoms with van der Waals surface area (Å²) >= 11 is 15.7. The SMILES string of the molecule is COc1ccccc1OCc1cccc(C(=O)Nc2nn(Cc3ccc(Cl)cc3Cl)cc2Br)c1. The van der Waals surface area contributed by atoms with E-state index in [-0.39, 0.29) is 5.91 Å². The van der Waals surface area contributed by atoms with Crippen molar-refractivity contribution in [3.05, 3.63) is 104 Å². The van der Waals surface area contributed by atoms with Crippen LogP contribution in [0.1, 0.15) is 21.5 Å². The first kappa shape index (κ1) is 24.1. The van der Waals surface area contributed by atoms with Gasteiger partial charge in [-0.05, 0) is 63.5 Å². The molecule has 0 unspecified atom stereocenters. The van der Waals surface area contributed by atoms with Crippen LogP contribution in [0.4, 0.5) is 5.82 Å². The van der Waals surface area contributed by atoms with Crippen molar-refractivity contribution in [2.75, 3.05) is 12.4 Å². The minimum absolute atomic E-state index is 0.283. The molecule has 0 spiro atoms. The van der Waals surface area contributed by atoms with E-state index >= 15 is 0 Å². The van der Waals surface area contributed by atoms with E-state index in [0.717, 1.165) is 11.1 Å². The number of nitrogens with one attached hydrogen (secondary N) is 1. The lowest BCUT2D eigenvalue weighted by Gasteiger charge is -2.11. The highest BCUT2D eigenvalue weighted by Crippen LogP contribution is 2.27. The van der Waals surface area contributed by atoms with Gasteiger partial charge >= 0.3 is 0 Å². The topological polar surface area (TPSA) is 65.4 Å². The third kappa shape index (κ3) is 5.91. The van der Waals surface area contributed by atoms with Crippen molar-refractivity contribution in [1.82, 2.24) is 9.78 Å². The van der Waals surface area contributed by atoms with Crippen molar-refractivity contribution >= 4 is 50.9 Å². The summed E-state index contributed by atoms with van der Waals surface area (Å²) in [5, 5.41) is 8.42. The van der Waals surface area contributed by atoms with Crippen LogP contribution in [-0.4, -0.2) is 22.8 Å². The molecule has 1 heterocycles. The number of anilines is 1. The van der Waals surface area contributed by atoms with E-state index in [4.69, 9.17) is 32.7 Å². The molecule has 0 aliphatic rings. The fourth-order valence-electron chi connectivity index (χ4n) is 3.27. The lowest BCUT2D eigenvalue weighted by atomic mass is 10.1. The maximum absolute atomic E-state index is 12.9. The van der Waals surface area contributed by atoms with Crippen LogP contribution in [-0.2, 0) is 13.2 Å². The smallest absolute Gasteiger partial charge is 0.256 e. The van der Waals surface area contributed by atoms with E-state index in [1.54, 1.807) is 42.3 Å². The van der Waals surface area contributed by atoms with E-state index in [9.17, 15) is 4.79 Å². The van der Waals surface area contributed by atoms with Crippen LogP contribution in [0, 0.1) is 0 Å². The van der Waals surface area contributed by atoms with E-state index in [1.807, 2.05) is 42.5 Å². The van der Waals surface area contributed by atoms with E-state index in [0.29, 0.717) is 50.5 Å². The Bertz CT molecular complexity index is 1330. The maximum atomic E-state index is 12.9. The Balaban J connectivity index is 1.43. The van der Waals surface area contributed by atoms with Crippen molar-refractivity contribution in [2.24, 2.45) is 0 Å². The molecule has 34 heavy (non-hydrogen) atoms. The van der Waals surface area contributed by atoms with Crippen LogP contribution in [0.2, 0.25) is 10.0 Å². The van der Waals surface area contributed by atoms with Crippen molar-refractivity contribution in [1.29, 1.82) is 0 Å². The summed E-state index contributed by atoms with van der Waals surface area (Å²) in [5.41, 5.74) is 2.20. The molecule has 0 saturated heterocycles. The molecule has 0 aliphatic carbocycles. The number of amides is 1. The van der Waals surface area contributed by atoms with Gasteiger partial charge in [-0.1, -0.05) is 53.5 Å². The predicted molar refractivity (Wildman–Crippen MR) is 137 cm³/mol. The number of hydrogen-bond donors (Lipinski definition) is 1. The first-order chi connectivity index (χ1) is 16.4. The first-order valence-electron chi connectivity index (χ1n) is 10.3. The normalized spacial score (nSPS) is 10.7. The molecule has 0 radical (unpaired) electrons. The number of carbonyl (C=O) groups excluding carboxylic acids is 1. The van der Waals surface area contributed by atoms with Gasteiger partial charge in [0.1, 0.15) is 6.61 Å². The monoisotopic (exact) mass is 559 g/mol. The molecule has 1 amide bonds. The number of carbonyl (C=O) groups is 1. The van der Waals surface area contributed by atoms with Gasteiger partial charge in [-0.25, -0.2) is 0 Å². The lowest BCUT2D eigenvalue weighted by molar-refractivity contribution is 0.102. The Morgan fingerprint density at radius 3 is 2.62 bits per heavy atom. The number of nitrogens with zero attached hydrogens (tertiary/aromatic N) is 2. The van der Waals surface area contributed by atoms with Gasteiger partial charge in [0.05, 0.1) is 18.1 Å². The molecule has 6 nitrogen and oxygen atoms in total. The second-order valence-electron chi connectivity index (χ2n) is 7.35. The predicted octanol–water partition coefficient (Wildman–Crippen LogP) is 6.84. The summed E-state index contributed by atoms with van der Waals surface area (Å²) < 4.78 is 13.5. The van der Waals surface area contributed by atoms with Crippen LogP contribution in [0.15, 0.2) is 77.4 Å². The molecule has 0 bridgehead atoms. The standard InChI is InChI=1S/C25H20BrCl2N3O3/c1-33-22-7-2-3-8-23(22)34-15-16-5-4-6-17(11-16)25(32)29-24-20(26)14-31(30-24)13-18-9-10-19(27)12-21(18)28/h2-12,14H,13,15H2,1H3,(H,29,30,32).